The molecular formula is C11H19N5O3. The van der Waals surface area contributed by atoms with Crippen molar-refractivity contribution in [3.63, 3.8) is 0 Å². The molecule has 1 aliphatic carbocycles. The Morgan fingerprint density at radius 1 is 1.68 bits per heavy atom. The maximum atomic E-state index is 11.0. The van der Waals surface area contributed by atoms with Crippen LogP contribution in [0.5, 0.6) is 0 Å². The summed E-state index contributed by atoms with van der Waals surface area (Å²) >= 11 is 0. The molecule has 3 unspecified atom stereocenters. The van der Waals surface area contributed by atoms with Crippen LogP contribution in [0.1, 0.15) is 19.2 Å². The van der Waals surface area contributed by atoms with E-state index < -0.39 is 4.92 Å². The highest BCUT2D eigenvalue weighted by Crippen LogP contribution is 2.30. The predicted octanol–water partition coefficient (Wildman–Crippen LogP) is 0.553. The molecule has 0 aromatic carbocycles. The minimum Gasteiger partial charge on any atom is -0.376 e. The molecule has 0 amide bonds. The Bertz CT molecular complexity index is 485. The van der Waals surface area contributed by atoms with Crippen molar-refractivity contribution in [1.82, 2.24) is 9.55 Å². The Morgan fingerprint density at radius 2 is 2.37 bits per heavy atom. The van der Waals surface area contributed by atoms with E-state index in [1.165, 1.54) is 0 Å². The van der Waals surface area contributed by atoms with Crippen LogP contribution >= 0.6 is 0 Å². The number of aromatic nitrogens is 2. The number of imidazole rings is 1. The van der Waals surface area contributed by atoms with Gasteiger partial charge in [-0.15, -0.1) is 0 Å². The fraction of sp³-hybridized carbons (Fsp3) is 0.727. The van der Waals surface area contributed by atoms with Crippen LogP contribution in [0.2, 0.25) is 0 Å². The first-order valence-corrected chi connectivity index (χ1v) is 6.27. The molecule has 1 aliphatic rings. The molecule has 0 spiro atoms. The number of rotatable bonds is 5. The third-order valence-electron chi connectivity index (χ3n) is 3.52. The molecule has 19 heavy (non-hydrogen) atoms. The van der Waals surface area contributed by atoms with Crippen molar-refractivity contribution in [2.45, 2.75) is 38.5 Å². The van der Waals surface area contributed by atoms with E-state index in [4.69, 9.17) is 10.5 Å². The van der Waals surface area contributed by atoms with Crippen LogP contribution in [-0.2, 0) is 11.8 Å². The molecule has 1 heterocycles. The lowest BCUT2D eigenvalue weighted by atomic mass is 9.83. The van der Waals surface area contributed by atoms with Gasteiger partial charge in [0, 0.05) is 26.6 Å². The Kier molecular flexibility index (Phi) is 3.72. The Labute approximate surface area is 111 Å². The highest BCUT2D eigenvalue weighted by molar-refractivity contribution is 5.55. The molecule has 0 saturated heterocycles. The molecule has 8 heteroatoms. The average molecular weight is 269 g/mol. The number of hydrogen-bond donors (Lipinski definition) is 2. The molecule has 1 saturated carbocycles. The van der Waals surface area contributed by atoms with Crippen LogP contribution in [-0.4, -0.2) is 39.3 Å². The lowest BCUT2D eigenvalue weighted by molar-refractivity contribution is -0.388. The molecule has 2 rings (SSSR count). The van der Waals surface area contributed by atoms with E-state index in [1.54, 1.807) is 18.5 Å². The van der Waals surface area contributed by atoms with E-state index >= 15 is 0 Å². The van der Waals surface area contributed by atoms with Crippen LogP contribution in [0.3, 0.4) is 0 Å². The number of nitrogens with one attached hydrogen (secondary N) is 1. The van der Waals surface area contributed by atoms with Gasteiger partial charge in [0.2, 0.25) is 11.6 Å². The molecule has 0 bridgehead atoms. The smallest absolute Gasteiger partial charge is 0.376 e. The van der Waals surface area contributed by atoms with Crippen molar-refractivity contribution >= 4 is 11.6 Å². The van der Waals surface area contributed by atoms with Gasteiger partial charge in [-0.25, -0.2) is 0 Å². The van der Waals surface area contributed by atoms with Crippen molar-refractivity contribution in [3.05, 3.63) is 15.9 Å². The number of nitrogens with two attached hydrogens (primary N) is 1. The predicted molar refractivity (Wildman–Crippen MR) is 70.0 cm³/mol. The molecule has 3 atom stereocenters. The molecule has 1 fully saturated rings. The van der Waals surface area contributed by atoms with E-state index in [2.05, 4.69) is 10.3 Å². The van der Waals surface area contributed by atoms with E-state index in [-0.39, 0.29) is 24.0 Å². The first kappa shape index (κ1) is 13.8. The summed E-state index contributed by atoms with van der Waals surface area (Å²) in [5.74, 6) is 0.789. The van der Waals surface area contributed by atoms with Gasteiger partial charge in [0.1, 0.15) is 0 Å². The molecule has 1 aromatic rings. The van der Waals surface area contributed by atoms with Gasteiger partial charge in [-0.2, -0.15) is 0 Å². The summed E-state index contributed by atoms with van der Waals surface area (Å²) in [6, 6.07) is -0.181. The number of anilines is 1. The summed E-state index contributed by atoms with van der Waals surface area (Å²) in [5, 5.41) is 14.1. The van der Waals surface area contributed by atoms with Crippen LogP contribution in [0.15, 0.2) is 0 Å². The lowest BCUT2D eigenvalue weighted by Gasteiger charge is -2.42. The topological polar surface area (TPSA) is 108 Å². The molecule has 8 nitrogen and oxygen atoms in total. The number of nitrogens with zero attached hydrogens (tertiary/aromatic N) is 3. The zero-order valence-corrected chi connectivity index (χ0v) is 11.3. The highest BCUT2D eigenvalue weighted by Gasteiger charge is 2.41. The van der Waals surface area contributed by atoms with Gasteiger partial charge in [-0.05, 0) is 23.3 Å². The van der Waals surface area contributed by atoms with E-state index in [0.717, 1.165) is 6.42 Å². The van der Waals surface area contributed by atoms with Crippen molar-refractivity contribution in [2.75, 3.05) is 11.9 Å². The van der Waals surface area contributed by atoms with E-state index in [0.29, 0.717) is 18.2 Å². The summed E-state index contributed by atoms with van der Waals surface area (Å²) in [7, 11) is 1.73. The van der Waals surface area contributed by atoms with Crippen LogP contribution in [0.25, 0.3) is 0 Å². The van der Waals surface area contributed by atoms with Gasteiger partial charge in [0.25, 0.3) is 0 Å². The number of nitro groups is 1. The first-order valence-electron chi connectivity index (χ1n) is 6.27. The molecule has 1 aromatic heterocycles. The number of hydrogen-bond acceptors (Lipinski definition) is 6. The second kappa shape index (κ2) is 5.14. The second-order valence-corrected chi connectivity index (χ2v) is 4.71. The Morgan fingerprint density at radius 3 is 2.89 bits per heavy atom. The quantitative estimate of drug-likeness (QED) is 0.597. The molecule has 0 radical (unpaired) electrons. The Hall–Kier alpha value is -1.67. The summed E-state index contributed by atoms with van der Waals surface area (Å²) in [4.78, 5) is 14.4. The number of ether oxygens (including phenoxy) is 1. The number of aryl methyl sites for hydroxylation is 1. The van der Waals surface area contributed by atoms with Crippen LogP contribution in [0, 0.1) is 17.0 Å². The summed E-state index contributed by atoms with van der Waals surface area (Å²) in [6.07, 6.45) is 0.755. The maximum absolute atomic E-state index is 11.0. The average Bonchev–Trinajstić information content (AvgIpc) is 2.63. The van der Waals surface area contributed by atoms with Gasteiger partial charge < -0.3 is 25.9 Å². The standard InChI is InChI=1S/C11H19N5O3/c1-4-19-8-5-7(12)9(8)14-10-11(16(17)18)13-6(2)15(10)3/h7-9,14H,4-5,12H2,1-3H3. The third kappa shape index (κ3) is 2.41. The normalized spacial score (nSPS) is 26.0. The van der Waals surface area contributed by atoms with Crippen molar-refractivity contribution in [1.29, 1.82) is 0 Å². The molecule has 3 N–H and O–H groups in total. The monoisotopic (exact) mass is 269 g/mol. The summed E-state index contributed by atoms with van der Waals surface area (Å²) < 4.78 is 7.20. The minimum absolute atomic E-state index is 0.00481. The molecule has 106 valence electrons. The highest BCUT2D eigenvalue weighted by atomic mass is 16.6. The van der Waals surface area contributed by atoms with Gasteiger partial charge in [0.15, 0.2) is 0 Å². The van der Waals surface area contributed by atoms with E-state index in [9.17, 15) is 10.1 Å². The molecular weight excluding hydrogens is 250 g/mol. The van der Waals surface area contributed by atoms with Crippen molar-refractivity contribution < 1.29 is 9.66 Å². The fourth-order valence-electron chi connectivity index (χ4n) is 2.27. The van der Waals surface area contributed by atoms with Gasteiger partial charge in [0.05, 0.1) is 12.1 Å². The fourth-order valence-corrected chi connectivity index (χ4v) is 2.27. The van der Waals surface area contributed by atoms with Gasteiger partial charge in [-0.3, -0.25) is 4.57 Å². The SMILES string of the molecule is CCOC1CC(N)C1Nc1c([N+](=O)[O-])nc(C)n1C. The van der Waals surface area contributed by atoms with E-state index in [1.807, 2.05) is 6.92 Å². The summed E-state index contributed by atoms with van der Waals surface area (Å²) in [5.41, 5.74) is 5.93. The molecule has 0 aliphatic heterocycles. The third-order valence-corrected chi connectivity index (χ3v) is 3.52. The largest absolute Gasteiger partial charge is 0.406 e. The van der Waals surface area contributed by atoms with Crippen molar-refractivity contribution in [3.8, 4) is 0 Å². The lowest BCUT2D eigenvalue weighted by Crippen LogP contribution is -2.60. The van der Waals surface area contributed by atoms with Gasteiger partial charge >= 0.3 is 5.82 Å². The maximum Gasteiger partial charge on any atom is 0.406 e. The van der Waals surface area contributed by atoms with Crippen LogP contribution in [0.4, 0.5) is 11.6 Å². The Balaban J connectivity index is 2.20. The van der Waals surface area contributed by atoms with Crippen LogP contribution < -0.4 is 11.1 Å². The van der Waals surface area contributed by atoms with Crippen molar-refractivity contribution in [2.24, 2.45) is 12.8 Å². The summed E-state index contributed by atoms with van der Waals surface area (Å²) in [6.45, 7) is 4.23. The zero-order chi connectivity index (χ0) is 14.2. The van der Waals surface area contributed by atoms with Gasteiger partial charge in [-0.1, -0.05) is 0 Å². The first-order chi connectivity index (χ1) is 8.95. The zero-order valence-electron chi connectivity index (χ0n) is 11.3. The second-order valence-electron chi connectivity index (χ2n) is 4.71. The minimum atomic E-state index is -0.491.